The fourth-order valence-electron chi connectivity index (χ4n) is 1.58. The molecule has 2 rings (SSSR count). The summed E-state index contributed by atoms with van der Waals surface area (Å²) in [6.45, 7) is 5.50. The summed E-state index contributed by atoms with van der Waals surface area (Å²) in [7, 11) is 0. The molecule has 0 spiro atoms. The molecule has 94 valence electrons. The molecule has 3 nitrogen and oxygen atoms in total. The van der Waals surface area contributed by atoms with Gasteiger partial charge < -0.3 is 0 Å². The summed E-state index contributed by atoms with van der Waals surface area (Å²) in [5.41, 5.74) is -0.942. The van der Waals surface area contributed by atoms with Crippen molar-refractivity contribution in [3.63, 3.8) is 0 Å². The van der Waals surface area contributed by atoms with Gasteiger partial charge in [0.1, 0.15) is 5.69 Å². The van der Waals surface area contributed by atoms with Crippen molar-refractivity contribution in [1.82, 2.24) is 14.8 Å². The zero-order chi connectivity index (χ0) is 13.3. The number of hydrogen-bond donors (Lipinski definition) is 0. The first-order valence-corrected chi connectivity index (χ1v) is 5.17. The molecule has 0 saturated heterocycles. The van der Waals surface area contributed by atoms with Crippen molar-refractivity contribution >= 4 is 12.7 Å². The van der Waals surface area contributed by atoms with E-state index in [4.69, 9.17) is 0 Å². The van der Waals surface area contributed by atoms with E-state index in [1.54, 1.807) is 13.0 Å². The number of hydrogen-bond acceptors (Lipinski definition) is 2. The number of nitrogens with zero attached hydrogens (tertiary/aromatic N) is 3. The molecule has 0 aliphatic rings. The average molecular weight is 253 g/mol. The first-order chi connectivity index (χ1) is 8.43. The van der Waals surface area contributed by atoms with Crippen LogP contribution in [-0.4, -0.2) is 14.8 Å². The Morgan fingerprint density at radius 2 is 2.06 bits per heavy atom. The summed E-state index contributed by atoms with van der Waals surface area (Å²) in [6, 6.07) is 3.69. The Morgan fingerprint density at radius 3 is 2.67 bits per heavy atom. The Morgan fingerprint density at radius 1 is 1.33 bits per heavy atom. The first-order valence-electron chi connectivity index (χ1n) is 5.17. The summed E-state index contributed by atoms with van der Waals surface area (Å²) < 4.78 is 39.0. The number of rotatable bonds is 1. The van der Waals surface area contributed by atoms with Crippen LogP contribution in [0.4, 0.5) is 13.2 Å². The third-order valence-corrected chi connectivity index (χ3v) is 2.40. The maximum atomic E-state index is 12.6. The van der Waals surface area contributed by atoms with Gasteiger partial charge in [-0.15, -0.1) is 0 Å². The summed E-state index contributed by atoms with van der Waals surface area (Å²) in [4.78, 5) is 3.56. The molecule has 0 atom stereocenters. The van der Waals surface area contributed by atoms with Crippen molar-refractivity contribution < 1.29 is 13.2 Å². The fourth-order valence-corrected chi connectivity index (χ4v) is 1.58. The van der Waals surface area contributed by atoms with Crippen molar-refractivity contribution in [3.8, 4) is 5.82 Å². The van der Waals surface area contributed by atoms with Crippen LogP contribution in [0.5, 0.6) is 0 Å². The predicted molar refractivity (Wildman–Crippen MR) is 61.3 cm³/mol. The highest BCUT2D eigenvalue weighted by Gasteiger charge is 2.32. The van der Waals surface area contributed by atoms with Gasteiger partial charge in [0.15, 0.2) is 5.82 Å². The van der Waals surface area contributed by atoms with E-state index in [2.05, 4.69) is 16.7 Å². The molecule has 0 N–H and O–H groups in total. The van der Waals surface area contributed by atoms with E-state index in [0.717, 1.165) is 6.07 Å². The Bertz CT molecular complexity index is 671. The Labute approximate surface area is 101 Å². The second kappa shape index (κ2) is 4.29. The van der Waals surface area contributed by atoms with Gasteiger partial charge in [0, 0.05) is 5.22 Å². The minimum atomic E-state index is -4.47. The second-order valence-corrected chi connectivity index (χ2v) is 3.63. The van der Waals surface area contributed by atoms with Gasteiger partial charge in [0.2, 0.25) is 0 Å². The van der Waals surface area contributed by atoms with E-state index in [9.17, 15) is 13.2 Å². The molecule has 0 aliphatic carbocycles. The molecule has 18 heavy (non-hydrogen) atoms. The highest BCUT2D eigenvalue weighted by molar-refractivity contribution is 5.29. The van der Waals surface area contributed by atoms with Crippen LogP contribution in [0.1, 0.15) is 12.6 Å². The van der Waals surface area contributed by atoms with Crippen molar-refractivity contribution in [2.24, 2.45) is 0 Å². The lowest BCUT2D eigenvalue weighted by Crippen LogP contribution is -2.28. The van der Waals surface area contributed by atoms with Gasteiger partial charge in [0.25, 0.3) is 0 Å². The minimum absolute atomic E-state index is 0.118. The smallest absolute Gasteiger partial charge is 0.224 e. The van der Waals surface area contributed by atoms with E-state index < -0.39 is 11.9 Å². The van der Waals surface area contributed by atoms with E-state index >= 15 is 0 Å². The third-order valence-electron chi connectivity index (χ3n) is 2.40. The van der Waals surface area contributed by atoms with E-state index in [1.807, 2.05) is 0 Å². The van der Waals surface area contributed by atoms with Gasteiger partial charge in [-0.25, -0.2) is 9.67 Å². The molecule has 0 amide bonds. The van der Waals surface area contributed by atoms with Crippen molar-refractivity contribution in [3.05, 3.63) is 40.7 Å². The van der Waals surface area contributed by atoms with Gasteiger partial charge in [-0.1, -0.05) is 18.7 Å². The molecule has 0 aliphatic heterocycles. The van der Waals surface area contributed by atoms with Crippen molar-refractivity contribution in [2.75, 3.05) is 0 Å². The van der Waals surface area contributed by atoms with E-state index in [1.165, 1.54) is 23.0 Å². The summed E-state index contributed by atoms with van der Waals surface area (Å²) in [5, 5.41) is 5.24. The number of alkyl halides is 3. The SMILES string of the molecule is C=c1cnn(-c2cccc(C(F)(F)F)n2)/c1=C/C. The molecule has 0 bridgehead atoms. The highest BCUT2D eigenvalue weighted by Crippen LogP contribution is 2.27. The van der Waals surface area contributed by atoms with Crippen LogP contribution in [0, 0.1) is 0 Å². The molecule has 0 fully saturated rings. The van der Waals surface area contributed by atoms with Crippen LogP contribution in [0.15, 0.2) is 24.4 Å². The Hall–Kier alpha value is -2.11. The van der Waals surface area contributed by atoms with E-state index in [-0.39, 0.29) is 5.82 Å². The highest BCUT2D eigenvalue weighted by atomic mass is 19.4. The molecular weight excluding hydrogens is 243 g/mol. The molecule has 6 heteroatoms. The maximum absolute atomic E-state index is 12.6. The summed E-state index contributed by atoms with van der Waals surface area (Å²) >= 11 is 0. The minimum Gasteiger partial charge on any atom is -0.224 e. The van der Waals surface area contributed by atoms with Gasteiger partial charge in [0.05, 0.1) is 11.5 Å². The number of halogens is 3. The molecule has 2 aromatic heterocycles. The normalized spacial score (nSPS) is 13.0. The predicted octanol–water partition coefficient (Wildman–Crippen LogP) is 1.50. The van der Waals surface area contributed by atoms with Crippen LogP contribution in [0.25, 0.3) is 18.5 Å². The van der Waals surface area contributed by atoms with Gasteiger partial charge in [-0.05, 0) is 19.1 Å². The largest absolute Gasteiger partial charge is 0.433 e. The second-order valence-electron chi connectivity index (χ2n) is 3.63. The monoisotopic (exact) mass is 253 g/mol. The van der Waals surface area contributed by atoms with Crippen LogP contribution >= 0.6 is 0 Å². The number of pyridine rings is 1. The summed E-state index contributed by atoms with van der Waals surface area (Å²) in [5.74, 6) is 0.118. The lowest BCUT2D eigenvalue weighted by atomic mass is 10.3. The zero-order valence-corrected chi connectivity index (χ0v) is 9.57. The quantitative estimate of drug-likeness (QED) is 0.771. The van der Waals surface area contributed by atoms with Crippen molar-refractivity contribution in [1.29, 1.82) is 0 Å². The molecule has 2 heterocycles. The van der Waals surface area contributed by atoms with Crippen LogP contribution in [-0.2, 0) is 6.18 Å². The lowest BCUT2D eigenvalue weighted by Gasteiger charge is -2.07. The topological polar surface area (TPSA) is 30.7 Å². The average Bonchev–Trinajstić information content (AvgIpc) is 2.69. The molecule has 2 aromatic rings. The number of aromatic nitrogens is 3. The molecule has 0 radical (unpaired) electrons. The first kappa shape index (κ1) is 12.3. The van der Waals surface area contributed by atoms with Gasteiger partial charge in [-0.2, -0.15) is 18.3 Å². The standard InChI is InChI=1S/C12H10F3N3/c1-3-9-8(2)7-16-18(9)11-6-4-5-10(17-11)12(13,14)15/h3-7H,2H2,1H3/b9-3+. The van der Waals surface area contributed by atoms with Crippen LogP contribution in [0.3, 0.4) is 0 Å². The maximum Gasteiger partial charge on any atom is 0.433 e. The van der Waals surface area contributed by atoms with Crippen molar-refractivity contribution in [2.45, 2.75) is 13.1 Å². The molecular formula is C12H10F3N3. The van der Waals surface area contributed by atoms with Gasteiger partial charge in [-0.3, -0.25) is 0 Å². The summed E-state index contributed by atoms with van der Waals surface area (Å²) in [6.07, 6.45) is -1.26. The Balaban J connectivity index is 2.63. The molecule has 0 aromatic carbocycles. The molecule has 0 saturated carbocycles. The lowest BCUT2D eigenvalue weighted by molar-refractivity contribution is -0.141. The van der Waals surface area contributed by atoms with Gasteiger partial charge >= 0.3 is 6.18 Å². The molecule has 0 unspecified atom stereocenters. The fraction of sp³-hybridized carbons (Fsp3) is 0.167. The zero-order valence-electron chi connectivity index (χ0n) is 9.57. The third kappa shape index (κ3) is 2.13. The van der Waals surface area contributed by atoms with Crippen LogP contribution in [0.2, 0.25) is 0 Å². The van der Waals surface area contributed by atoms with E-state index in [0.29, 0.717) is 10.6 Å². The Kier molecular flexibility index (Phi) is 2.94. The van der Waals surface area contributed by atoms with Crippen LogP contribution < -0.4 is 10.6 Å².